The first-order chi connectivity index (χ1) is 13.7. The molecule has 3 rings (SSSR count). The first kappa shape index (κ1) is 20.1. The topological polar surface area (TPSA) is 80.9 Å². The Kier molecular flexibility index (Phi) is 5.67. The fraction of sp³-hybridized carbons (Fsp3) is 0.150. The Morgan fingerprint density at radius 1 is 1.21 bits per heavy atom. The molecule has 0 saturated carbocycles. The maximum Gasteiger partial charge on any atom is 0.416 e. The van der Waals surface area contributed by atoms with Crippen LogP contribution in [0.4, 0.5) is 13.2 Å². The van der Waals surface area contributed by atoms with Gasteiger partial charge in [-0.15, -0.1) is 0 Å². The molecule has 0 unspecified atom stereocenters. The Labute approximate surface area is 162 Å². The molecular formula is C20H15F3N2O4. The lowest BCUT2D eigenvalue weighted by atomic mass is 10.1. The number of hydrogen-bond donors (Lipinski definition) is 1. The van der Waals surface area contributed by atoms with Crippen LogP contribution in [-0.2, 0) is 11.0 Å². The van der Waals surface area contributed by atoms with E-state index in [1.807, 2.05) is 0 Å². The first-order valence-corrected chi connectivity index (χ1v) is 8.39. The smallest absolute Gasteiger partial charge is 0.416 e. The molecule has 0 saturated heterocycles. The van der Waals surface area contributed by atoms with E-state index in [1.54, 1.807) is 19.1 Å². The number of hydrazone groups is 1. The number of alkyl halides is 3. The summed E-state index contributed by atoms with van der Waals surface area (Å²) in [7, 11) is 0. The van der Waals surface area contributed by atoms with E-state index in [9.17, 15) is 22.8 Å². The number of fused-ring (bicyclic) bond motifs is 1. The van der Waals surface area contributed by atoms with Gasteiger partial charge in [0.25, 0.3) is 5.91 Å². The second-order valence-corrected chi connectivity index (χ2v) is 6.11. The third-order valence-corrected chi connectivity index (χ3v) is 3.91. The summed E-state index contributed by atoms with van der Waals surface area (Å²) in [5.74, 6) is -0.303. The quantitative estimate of drug-likeness (QED) is 0.400. The molecule has 0 spiro atoms. The van der Waals surface area contributed by atoms with E-state index in [0.29, 0.717) is 11.3 Å². The molecule has 0 fully saturated rings. The summed E-state index contributed by atoms with van der Waals surface area (Å²) in [5, 5.41) is 4.36. The summed E-state index contributed by atoms with van der Waals surface area (Å²) in [4.78, 5) is 23.2. The third-order valence-electron chi connectivity index (χ3n) is 3.91. The highest BCUT2D eigenvalue weighted by molar-refractivity contribution is 5.83. The maximum absolute atomic E-state index is 12.7. The number of rotatable bonds is 5. The number of nitrogens with zero attached hydrogens (tertiary/aromatic N) is 1. The molecular weight excluding hydrogens is 389 g/mol. The zero-order valence-electron chi connectivity index (χ0n) is 15.1. The normalized spacial score (nSPS) is 11.7. The van der Waals surface area contributed by atoms with E-state index in [1.165, 1.54) is 24.3 Å². The predicted octanol–water partition coefficient (Wildman–Crippen LogP) is 3.65. The minimum atomic E-state index is -4.46. The van der Waals surface area contributed by atoms with Gasteiger partial charge in [0, 0.05) is 17.5 Å². The molecule has 0 aliphatic heterocycles. The van der Waals surface area contributed by atoms with Crippen molar-refractivity contribution in [2.75, 3.05) is 6.61 Å². The van der Waals surface area contributed by atoms with Gasteiger partial charge < -0.3 is 9.15 Å². The Balaban J connectivity index is 1.58. The molecule has 0 radical (unpaired) electrons. The van der Waals surface area contributed by atoms with E-state index in [4.69, 9.17) is 9.15 Å². The van der Waals surface area contributed by atoms with Crippen LogP contribution in [0.2, 0.25) is 0 Å². The van der Waals surface area contributed by atoms with Gasteiger partial charge in [-0.05, 0) is 42.3 Å². The van der Waals surface area contributed by atoms with Crippen LogP contribution in [0, 0.1) is 6.92 Å². The summed E-state index contributed by atoms with van der Waals surface area (Å²) in [6, 6.07) is 10.7. The molecule has 1 N–H and O–H groups in total. The van der Waals surface area contributed by atoms with E-state index in [0.717, 1.165) is 29.3 Å². The number of hydrogen-bond acceptors (Lipinski definition) is 5. The lowest BCUT2D eigenvalue weighted by Gasteiger charge is -2.07. The second kappa shape index (κ2) is 8.17. The Morgan fingerprint density at radius 3 is 2.76 bits per heavy atom. The van der Waals surface area contributed by atoms with E-state index < -0.39 is 23.3 Å². The summed E-state index contributed by atoms with van der Waals surface area (Å²) < 4.78 is 48.4. The molecule has 1 heterocycles. The SMILES string of the molecule is Cc1cc(=O)oc2cc(OCC(=O)N/N=C\c3cccc(C(F)(F)F)c3)ccc12. The van der Waals surface area contributed by atoms with Crippen molar-refractivity contribution < 1.29 is 27.1 Å². The van der Waals surface area contributed by atoms with E-state index in [-0.39, 0.29) is 12.2 Å². The Bertz CT molecular complexity index is 1140. The van der Waals surface area contributed by atoms with Crippen LogP contribution in [0.3, 0.4) is 0 Å². The molecule has 0 atom stereocenters. The van der Waals surface area contributed by atoms with Crippen molar-refractivity contribution in [1.82, 2.24) is 5.43 Å². The Hall–Kier alpha value is -3.62. The van der Waals surface area contributed by atoms with Gasteiger partial charge >= 0.3 is 11.8 Å². The number of carbonyl (C=O) groups is 1. The van der Waals surface area contributed by atoms with Crippen molar-refractivity contribution in [3.8, 4) is 5.75 Å². The van der Waals surface area contributed by atoms with Gasteiger partial charge in [0.1, 0.15) is 11.3 Å². The minimum Gasteiger partial charge on any atom is -0.484 e. The second-order valence-electron chi connectivity index (χ2n) is 6.11. The van der Waals surface area contributed by atoms with Gasteiger partial charge in [0.05, 0.1) is 11.8 Å². The van der Waals surface area contributed by atoms with E-state index in [2.05, 4.69) is 10.5 Å². The largest absolute Gasteiger partial charge is 0.484 e. The lowest BCUT2D eigenvalue weighted by molar-refractivity contribution is -0.137. The fourth-order valence-electron chi connectivity index (χ4n) is 2.55. The summed E-state index contributed by atoms with van der Waals surface area (Å²) >= 11 is 0. The maximum atomic E-state index is 12.7. The molecule has 2 aromatic carbocycles. The summed E-state index contributed by atoms with van der Waals surface area (Å²) in [6.45, 7) is 1.39. The Morgan fingerprint density at radius 2 is 2.00 bits per heavy atom. The average Bonchev–Trinajstić information content (AvgIpc) is 2.65. The molecule has 1 aromatic heterocycles. The van der Waals surface area contributed by atoms with Crippen molar-refractivity contribution in [1.29, 1.82) is 0 Å². The minimum absolute atomic E-state index is 0.181. The highest BCUT2D eigenvalue weighted by Gasteiger charge is 2.30. The number of halogens is 3. The van der Waals surface area contributed by atoms with Crippen molar-refractivity contribution in [2.45, 2.75) is 13.1 Å². The molecule has 3 aromatic rings. The van der Waals surface area contributed by atoms with Crippen LogP contribution in [0.15, 0.2) is 62.8 Å². The predicted molar refractivity (Wildman–Crippen MR) is 99.9 cm³/mol. The van der Waals surface area contributed by atoms with E-state index >= 15 is 0 Å². The van der Waals surface area contributed by atoms with Gasteiger partial charge in [-0.1, -0.05) is 12.1 Å². The van der Waals surface area contributed by atoms with Crippen LogP contribution in [0.1, 0.15) is 16.7 Å². The third kappa shape index (κ3) is 5.22. The lowest BCUT2D eigenvalue weighted by Crippen LogP contribution is -2.24. The highest BCUT2D eigenvalue weighted by Crippen LogP contribution is 2.29. The van der Waals surface area contributed by atoms with Gasteiger partial charge in [-0.2, -0.15) is 18.3 Å². The highest BCUT2D eigenvalue weighted by atomic mass is 19.4. The molecule has 6 nitrogen and oxygen atoms in total. The average molecular weight is 404 g/mol. The number of carbonyl (C=O) groups excluding carboxylic acids is 1. The molecule has 29 heavy (non-hydrogen) atoms. The standard InChI is InChI=1S/C20H15F3N2O4/c1-12-7-19(27)29-17-9-15(5-6-16(12)17)28-11-18(26)25-24-10-13-3-2-4-14(8-13)20(21,22)23/h2-10H,11H2,1H3,(H,25,26)/b24-10-. The number of amides is 1. The van der Waals surface area contributed by atoms with Gasteiger partial charge in [0.2, 0.25) is 0 Å². The molecule has 0 aliphatic rings. The zero-order valence-corrected chi connectivity index (χ0v) is 15.1. The molecule has 150 valence electrons. The zero-order chi connectivity index (χ0) is 21.0. The number of aryl methyl sites for hydroxylation is 1. The van der Waals surface area contributed by atoms with Gasteiger partial charge in [-0.25, -0.2) is 10.2 Å². The first-order valence-electron chi connectivity index (χ1n) is 8.39. The number of benzene rings is 2. The van der Waals surface area contributed by atoms with Crippen LogP contribution < -0.4 is 15.8 Å². The molecule has 0 bridgehead atoms. The van der Waals surface area contributed by atoms with Crippen molar-refractivity contribution >= 4 is 23.1 Å². The van der Waals surface area contributed by atoms with Crippen LogP contribution in [-0.4, -0.2) is 18.7 Å². The van der Waals surface area contributed by atoms with Crippen LogP contribution in [0.5, 0.6) is 5.75 Å². The van der Waals surface area contributed by atoms with Crippen molar-refractivity contribution in [3.63, 3.8) is 0 Å². The monoisotopic (exact) mass is 404 g/mol. The van der Waals surface area contributed by atoms with Crippen molar-refractivity contribution in [2.24, 2.45) is 5.10 Å². The van der Waals surface area contributed by atoms with Gasteiger partial charge in [0.15, 0.2) is 6.61 Å². The summed E-state index contributed by atoms with van der Waals surface area (Å²) in [5.41, 5.74) is 2.13. The van der Waals surface area contributed by atoms with Crippen LogP contribution in [0.25, 0.3) is 11.0 Å². The molecule has 0 aliphatic carbocycles. The van der Waals surface area contributed by atoms with Crippen molar-refractivity contribution in [3.05, 3.63) is 75.6 Å². The molecule has 1 amide bonds. The summed E-state index contributed by atoms with van der Waals surface area (Å²) in [6.07, 6.45) is -3.36. The fourth-order valence-corrected chi connectivity index (χ4v) is 2.55. The number of ether oxygens (including phenoxy) is 1. The number of nitrogens with one attached hydrogen (secondary N) is 1. The molecule has 9 heteroatoms. The van der Waals surface area contributed by atoms with Crippen LogP contribution >= 0.6 is 0 Å². The van der Waals surface area contributed by atoms with Gasteiger partial charge in [-0.3, -0.25) is 4.79 Å².